The summed E-state index contributed by atoms with van der Waals surface area (Å²) in [5.74, 6) is -0.177. The van der Waals surface area contributed by atoms with Crippen LogP contribution in [-0.2, 0) is 16.1 Å². The maximum atomic E-state index is 12.1. The lowest BCUT2D eigenvalue weighted by molar-refractivity contribution is -0.114. The van der Waals surface area contributed by atoms with Crippen LogP contribution >= 0.6 is 47.0 Å². The molecular weight excluding hydrogens is 471 g/mol. The van der Waals surface area contributed by atoms with Gasteiger partial charge >= 0.3 is 6.09 Å². The minimum Gasteiger partial charge on any atom is -0.445 e. The third-order valence-electron chi connectivity index (χ3n) is 3.54. The third kappa shape index (κ3) is 8.62. The summed E-state index contributed by atoms with van der Waals surface area (Å²) in [7, 11) is 0. The van der Waals surface area contributed by atoms with Gasteiger partial charge in [0.2, 0.25) is 9.70 Å². The Morgan fingerprint density at radius 3 is 2.07 bits per heavy atom. The number of thiocarbonyl (C=S) groups is 1. The molecule has 0 fully saturated rings. The van der Waals surface area contributed by atoms with E-state index >= 15 is 0 Å². The monoisotopic (exact) mass is 488 g/mol. The normalized spacial score (nSPS) is 11.7. The van der Waals surface area contributed by atoms with Crippen molar-refractivity contribution in [3.8, 4) is 0 Å². The van der Waals surface area contributed by atoms with Gasteiger partial charge in [-0.15, -0.1) is 0 Å². The fourth-order valence-electron chi connectivity index (χ4n) is 2.22. The Bertz CT molecular complexity index is 877. The third-order valence-corrected chi connectivity index (χ3v) is 4.42. The number of anilines is 2. The molecule has 4 N–H and O–H groups in total. The van der Waals surface area contributed by atoms with Crippen LogP contribution in [0.4, 0.5) is 16.2 Å². The van der Waals surface area contributed by atoms with Crippen molar-refractivity contribution in [1.29, 1.82) is 0 Å². The van der Waals surface area contributed by atoms with Crippen molar-refractivity contribution in [1.82, 2.24) is 10.6 Å². The smallest absolute Gasteiger partial charge is 0.409 e. The Morgan fingerprint density at radius 1 is 0.967 bits per heavy atom. The second kappa shape index (κ2) is 11.2. The SMILES string of the molecule is CC(=O)Nc1ccc(NC(=S)NC(NC(=O)OCc2ccccc2)C(Cl)(Cl)Cl)cc1. The number of halogens is 3. The van der Waals surface area contributed by atoms with Crippen molar-refractivity contribution >= 4 is 75.5 Å². The van der Waals surface area contributed by atoms with Gasteiger partial charge in [0.05, 0.1) is 0 Å². The highest BCUT2D eigenvalue weighted by molar-refractivity contribution is 7.80. The van der Waals surface area contributed by atoms with Crippen LogP contribution in [0.15, 0.2) is 54.6 Å². The lowest BCUT2D eigenvalue weighted by Crippen LogP contribution is -2.56. The van der Waals surface area contributed by atoms with Gasteiger partial charge in [0.1, 0.15) is 6.61 Å². The summed E-state index contributed by atoms with van der Waals surface area (Å²) in [6.45, 7) is 1.47. The molecule has 0 saturated heterocycles. The van der Waals surface area contributed by atoms with E-state index in [1.165, 1.54) is 6.92 Å². The Labute approximate surface area is 194 Å². The molecule has 7 nitrogen and oxygen atoms in total. The molecule has 0 radical (unpaired) electrons. The van der Waals surface area contributed by atoms with Crippen LogP contribution in [-0.4, -0.2) is 27.1 Å². The number of ether oxygens (including phenoxy) is 1. The lowest BCUT2D eigenvalue weighted by atomic mass is 10.2. The van der Waals surface area contributed by atoms with Crippen LogP contribution in [0.25, 0.3) is 0 Å². The largest absolute Gasteiger partial charge is 0.445 e. The Morgan fingerprint density at radius 2 is 1.53 bits per heavy atom. The molecule has 2 amide bonds. The summed E-state index contributed by atoms with van der Waals surface area (Å²) in [6.07, 6.45) is -1.95. The topological polar surface area (TPSA) is 91.5 Å². The van der Waals surface area contributed by atoms with Crippen LogP contribution in [0.1, 0.15) is 12.5 Å². The Balaban J connectivity index is 1.91. The maximum absolute atomic E-state index is 12.1. The second-order valence-electron chi connectivity index (χ2n) is 6.04. The van der Waals surface area contributed by atoms with Crippen molar-refractivity contribution < 1.29 is 14.3 Å². The first kappa shape index (κ1) is 24.0. The molecule has 11 heteroatoms. The molecule has 2 aromatic carbocycles. The summed E-state index contributed by atoms with van der Waals surface area (Å²) in [5, 5.41) is 10.8. The first-order chi connectivity index (χ1) is 14.1. The maximum Gasteiger partial charge on any atom is 0.409 e. The van der Waals surface area contributed by atoms with Gasteiger partial charge in [-0.1, -0.05) is 65.1 Å². The number of carbonyl (C=O) groups is 2. The molecule has 1 unspecified atom stereocenters. The van der Waals surface area contributed by atoms with Crippen molar-refractivity contribution in [3.63, 3.8) is 0 Å². The van der Waals surface area contributed by atoms with Crippen LogP contribution in [0.3, 0.4) is 0 Å². The van der Waals surface area contributed by atoms with E-state index in [9.17, 15) is 9.59 Å². The van der Waals surface area contributed by atoms with Gasteiger partial charge in [0.25, 0.3) is 0 Å². The van der Waals surface area contributed by atoms with Crippen LogP contribution in [0.2, 0.25) is 0 Å². The van der Waals surface area contributed by atoms with E-state index in [1.807, 2.05) is 30.3 Å². The molecule has 0 aliphatic carbocycles. The van der Waals surface area contributed by atoms with Gasteiger partial charge in [-0.3, -0.25) is 10.1 Å². The quantitative estimate of drug-likeness (QED) is 0.270. The predicted octanol–water partition coefficient (Wildman–Crippen LogP) is 4.55. The minimum absolute atomic E-state index is 0.0581. The number of alkyl carbamates (subject to hydrolysis) is 1. The molecule has 0 aliphatic rings. The van der Waals surface area contributed by atoms with Gasteiger partial charge in [0, 0.05) is 18.3 Å². The fourth-order valence-corrected chi connectivity index (χ4v) is 2.78. The van der Waals surface area contributed by atoms with E-state index in [1.54, 1.807) is 24.3 Å². The first-order valence-corrected chi connectivity index (χ1v) is 10.2. The zero-order valence-electron chi connectivity index (χ0n) is 15.7. The van der Waals surface area contributed by atoms with Crippen molar-refractivity contribution in [3.05, 3.63) is 60.2 Å². The molecule has 2 rings (SSSR count). The van der Waals surface area contributed by atoms with E-state index in [-0.39, 0.29) is 17.6 Å². The summed E-state index contributed by atoms with van der Waals surface area (Å²) >= 11 is 23.1. The lowest BCUT2D eigenvalue weighted by Gasteiger charge is -2.27. The Hall–Kier alpha value is -2.26. The molecule has 0 aromatic heterocycles. The standard InChI is InChI=1S/C19H19Cl3N4O3S/c1-12(27)23-14-7-9-15(10-8-14)24-17(30)25-16(19(20,21)22)26-18(28)29-11-13-5-3-2-4-6-13/h2-10,16H,11H2,1H3,(H,23,27)(H,26,28)(H2,24,25,30). The second-order valence-corrected chi connectivity index (χ2v) is 8.81. The molecule has 0 bridgehead atoms. The molecule has 0 saturated carbocycles. The number of nitrogens with one attached hydrogen (secondary N) is 4. The average Bonchev–Trinajstić information content (AvgIpc) is 2.67. The van der Waals surface area contributed by atoms with Gasteiger partial charge in [-0.05, 0) is 42.0 Å². The van der Waals surface area contributed by atoms with E-state index in [2.05, 4.69) is 21.3 Å². The minimum atomic E-state index is -1.91. The number of hydrogen-bond acceptors (Lipinski definition) is 4. The van der Waals surface area contributed by atoms with Gasteiger partial charge in [-0.2, -0.15) is 0 Å². The number of carbonyl (C=O) groups excluding carboxylic acids is 2. The molecule has 2 aromatic rings. The highest BCUT2D eigenvalue weighted by atomic mass is 35.6. The molecule has 0 aliphatic heterocycles. The number of alkyl halides is 3. The van der Waals surface area contributed by atoms with Crippen molar-refractivity contribution in [2.45, 2.75) is 23.5 Å². The number of amides is 2. The number of hydrogen-bond donors (Lipinski definition) is 4. The van der Waals surface area contributed by atoms with Crippen LogP contribution < -0.4 is 21.3 Å². The van der Waals surface area contributed by atoms with Crippen LogP contribution in [0, 0.1) is 0 Å². The van der Waals surface area contributed by atoms with E-state index < -0.39 is 16.1 Å². The summed E-state index contributed by atoms with van der Waals surface area (Å²) in [5.41, 5.74) is 2.07. The molecule has 1 atom stereocenters. The molecule has 30 heavy (non-hydrogen) atoms. The molecular formula is C19H19Cl3N4O3S. The van der Waals surface area contributed by atoms with Gasteiger partial charge in [0.15, 0.2) is 11.3 Å². The highest BCUT2D eigenvalue weighted by Gasteiger charge is 2.35. The number of benzene rings is 2. The van der Waals surface area contributed by atoms with Crippen molar-refractivity contribution in [2.24, 2.45) is 0 Å². The average molecular weight is 490 g/mol. The van der Waals surface area contributed by atoms with E-state index in [0.29, 0.717) is 11.4 Å². The molecule has 0 spiro atoms. The summed E-state index contributed by atoms with van der Waals surface area (Å²) in [4.78, 5) is 23.2. The van der Waals surface area contributed by atoms with E-state index in [4.69, 9.17) is 51.8 Å². The highest BCUT2D eigenvalue weighted by Crippen LogP contribution is 2.29. The predicted molar refractivity (Wildman–Crippen MR) is 124 cm³/mol. The number of rotatable bonds is 6. The summed E-state index contributed by atoms with van der Waals surface area (Å²) < 4.78 is 3.22. The van der Waals surface area contributed by atoms with E-state index in [0.717, 1.165) is 5.56 Å². The van der Waals surface area contributed by atoms with Gasteiger partial charge in [-0.25, -0.2) is 4.79 Å². The Kier molecular flexibility index (Phi) is 8.98. The summed E-state index contributed by atoms with van der Waals surface area (Å²) in [6, 6.07) is 15.9. The zero-order chi connectivity index (χ0) is 22.1. The molecule has 160 valence electrons. The van der Waals surface area contributed by atoms with Crippen molar-refractivity contribution in [2.75, 3.05) is 10.6 Å². The van der Waals surface area contributed by atoms with Gasteiger partial charge < -0.3 is 20.7 Å². The van der Waals surface area contributed by atoms with Crippen LogP contribution in [0.5, 0.6) is 0 Å². The fraction of sp³-hybridized carbons (Fsp3) is 0.211. The molecule has 0 heterocycles. The first-order valence-electron chi connectivity index (χ1n) is 8.62. The zero-order valence-corrected chi connectivity index (χ0v) is 18.8.